The van der Waals surface area contributed by atoms with Crippen LogP contribution in [0.5, 0.6) is 0 Å². The van der Waals surface area contributed by atoms with Crippen LogP contribution in [-0.4, -0.2) is 4.83 Å². The molecule has 1 atom stereocenters. The van der Waals surface area contributed by atoms with Crippen molar-refractivity contribution in [1.82, 2.24) is 0 Å². The molecule has 0 aromatic heterocycles. The van der Waals surface area contributed by atoms with E-state index in [0.717, 1.165) is 0 Å². The lowest BCUT2D eigenvalue weighted by atomic mass is 10.2. The molecule has 48 valence electrons. The van der Waals surface area contributed by atoms with E-state index < -0.39 is 0 Å². The van der Waals surface area contributed by atoms with Crippen molar-refractivity contribution in [3.8, 4) is 0 Å². The van der Waals surface area contributed by atoms with Gasteiger partial charge in [-0.25, -0.2) is 0 Å². The highest BCUT2D eigenvalue weighted by molar-refractivity contribution is 9.09. The first-order valence-electron chi connectivity index (χ1n) is 3.08. The van der Waals surface area contributed by atoms with Crippen LogP contribution >= 0.6 is 15.9 Å². The van der Waals surface area contributed by atoms with Gasteiger partial charge in [-0.2, -0.15) is 0 Å². The number of rotatable bonds is 4. The van der Waals surface area contributed by atoms with Gasteiger partial charge < -0.3 is 0 Å². The first kappa shape index (κ1) is 8.22. The highest BCUT2D eigenvalue weighted by atomic mass is 79.9. The molecule has 0 aromatic carbocycles. The summed E-state index contributed by atoms with van der Waals surface area (Å²) in [6.45, 7) is 5.86. The van der Waals surface area contributed by atoms with E-state index in [9.17, 15) is 0 Å². The Morgan fingerprint density at radius 2 is 2.38 bits per heavy atom. The Morgan fingerprint density at radius 1 is 1.75 bits per heavy atom. The molecular weight excluding hydrogens is 164 g/mol. The third-order valence-corrected chi connectivity index (χ3v) is 1.92. The maximum absolute atomic E-state index is 3.67. The SMILES string of the molecule is C=C[C@H](Br)CCCC. The fourth-order valence-electron chi connectivity index (χ4n) is 0.517. The lowest BCUT2D eigenvalue weighted by molar-refractivity contribution is 0.743. The quantitative estimate of drug-likeness (QED) is 0.457. The molecule has 0 N–H and O–H groups in total. The average molecular weight is 177 g/mol. The molecule has 0 nitrogen and oxygen atoms in total. The normalized spacial score (nSPS) is 13.2. The lowest BCUT2D eigenvalue weighted by Gasteiger charge is -1.98. The van der Waals surface area contributed by atoms with Crippen molar-refractivity contribution in [2.24, 2.45) is 0 Å². The van der Waals surface area contributed by atoms with Crippen molar-refractivity contribution in [2.75, 3.05) is 0 Å². The van der Waals surface area contributed by atoms with Crippen molar-refractivity contribution in [3.63, 3.8) is 0 Å². The van der Waals surface area contributed by atoms with Gasteiger partial charge >= 0.3 is 0 Å². The van der Waals surface area contributed by atoms with Gasteiger partial charge in [0.25, 0.3) is 0 Å². The standard InChI is InChI=1S/C7H13Br/c1-3-5-6-7(8)4-2/h4,7H,2-3,5-6H2,1H3/t7-/m0/s1. The van der Waals surface area contributed by atoms with E-state index in [1.54, 1.807) is 0 Å². The van der Waals surface area contributed by atoms with Gasteiger partial charge in [0.15, 0.2) is 0 Å². The smallest absolute Gasteiger partial charge is 0.0322 e. The van der Waals surface area contributed by atoms with Crippen molar-refractivity contribution in [1.29, 1.82) is 0 Å². The monoisotopic (exact) mass is 176 g/mol. The van der Waals surface area contributed by atoms with Crippen LogP contribution in [0.15, 0.2) is 12.7 Å². The van der Waals surface area contributed by atoms with Crippen molar-refractivity contribution >= 4 is 15.9 Å². The number of halogens is 1. The van der Waals surface area contributed by atoms with Gasteiger partial charge in [0.1, 0.15) is 0 Å². The van der Waals surface area contributed by atoms with Gasteiger partial charge in [-0.1, -0.05) is 41.8 Å². The Kier molecular flexibility index (Phi) is 5.51. The molecule has 0 bridgehead atoms. The predicted octanol–water partition coefficient (Wildman–Crippen LogP) is 3.13. The van der Waals surface area contributed by atoms with Crippen LogP contribution in [0.25, 0.3) is 0 Å². The molecule has 0 fully saturated rings. The van der Waals surface area contributed by atoms with E-state index in [0.29, 0.717) is 4.83 Å². The fourth-order valence-corrected chi connectivity index (χ4v) is 0.841. The number of hydrogen-bond donors (Lipinski definition) is 0. The second-order valence-electron chi connectivity index (χ2n) is 1.89. The van der Waals surface area contributed by atoms with Gasteiger partial charge in [-0.3, -0.25) is 0 Å². The van der Waals surface area contributed by atoms with Gasteiger partial charge in [0.2, 0.25) is 0 Å². The van der Waals surface area contributed by atoms with Gasteiger partial charge in [-0.15, -0.1) is 6.58 Å². The van der Waals surface area contributed by atoms with Crippen LogP contribution < -0.4 is 0 Å². The molecule has 0 amide bonds. The summed E-state index contributed by atoms with van der Waals surface area (Å²) < 4.78 is 0. The third-order valence-electron chi connectivity index (χ3n) is 1.09. The molecular formula is C7H13Br. The number of alkyl halides is 1. The molecule has 0 aromatic rings. The van der Waals surface area contributed by atoms with Crippen molar-refractivity contribution < 1.29 is 0 Å². The highest BCUT2D eigenvalue weighted by Gasteiger charge is 1.93. The summed E-state index contributed by atoms with van der Waals surface area (Å²) >= 11 is 3.46. The summed E-state index contributed by atoms with van der Waals surface area (Å²) in [5.41, 5.74) is 0. The summed E-state index contributed by atoms with van der Waals surface area (Å²) in [4.78, 5) is 0.530. The minimum Gasteiger partial charge on any atom is -0.102 e. The molecule has 0 unspecified atom stereocenters. The number of unbranched alkanes of at least 4 members (excludes halogenated alkanes) is 1. The van der Waals surface area contributed by atoms with E-state index in [2.05, 4.69) is 29.4 Å². The Bertz CT molecular complexity index is 59.4. The number of hydrogen-bond acceptors (Lipinski definition) is 0. The molecule has 0 aliphatic carbocycles. The third kappa shape index (κ3) is 4.38. The molecule has 0 radical (unpaired) electrons. The molecule has 0 aliphatic heterocycles. The first-order chi connectivity index (χ1) is 3.81. The Balaban J connectivity index is 2.98. The molecule has 0 aliphatic rings. The second-order valence-corrected chi connectivity index (χ2v) is 3.07. The predicted molar refractivity (Wildman–Crippen MR) is 42.4 cm³/mol. The average Bonchev–Trinajstić information content (AvgIpc) is 1.83. The maximum Gasteiger partial charge on any atom is 0.0322 e. The van der Waals surface area contributed by atoms with E-state index in [-0.39, 0.29) is 0 Å². The molecule has 0 saturated heterocycles. The summed E-state index contributed by atoms with van der Waals surface area (Å²) in [6.07, 6.45) is 5.73. The molecule has 0 saturated carbocycles. The molecule has 0 heterocycles. The van der Waals surface area contributed by atoms with Gasteiger partial charge in [0.05, 0.1) is 0 Å². The largest absolute Gasteiger partial charge is 0.102 e. The summed E-state index contributed by atoms with van der Waals surface area (Å²) in [6, 6.07) is 0. The first-order valence-corrected chi connectivity index (χ1v) is 3.99. The van der Waals surface area contributed by atoms with Gasteiger partial charge in [-0.05, 0) is 6.42 Å². The van der Waals surface area contributed by atoms with Gasteiger partial charge in [0, 0.05) is 4.83 Å². The van der Waals surface area contributed by atoms with Crippen LogP contribution in [0.4, 0.5) is 0 Å². The summed E-state index contributed by atoms with van der Waals surface area (Å²) in [5.74, 6) is 0. The Hall–Kier alpha value is 0.220. The zero-order valence-electron chi connectivity index (χ0n) is 5.36. The summed E-state index contributed by atoms with van der Waals surface area (Å²) in [7, 11) is 0. The van der Waals surface area contributed by atoms with E-state index >= 15 is 0 Å². The van der Waals surface area contributed by atoms with Crippen LogP contribution in [0.2, 0.25) is 0 Å². The second kappa shape index (κ2) is 5.36. The van der Waals surface area contributed by atoms with Crippen LogP contribution in [0.3, 0.4) is 0 Å². The Labute approximate surface area is 60.1 Å². The van der Waals surface area contributed by atoms with E-state index in [1.165, 1.54) is 19.3 Å². The minimum absolute atomic E-state index is 0.530. The topological polar surface area (TPSA) is 0 Å². The molecule has 0 spiro atoms. The molecule has 0 rings (SSSR count). The van der Waals surface area contributed by atoms with Crippen LogP contribution in [0, 0.1) is 0 Å². The van der Waals surface area contributed by atoms with E-state index in [1.807, 2.05) is 6.08 Å². The maximum atomic E-state index is 3.67. The molecule has 8 heavy (non-hydrogen) atoms. The zero-order valence-corrected chi connectivity index (χ0v) is 6.95. The lowest BCUT2D eigenvalue weighted by Crippen LogP contribution is -1.89. The minimum atomic E-state index is 0.530. The number of allylic oxidation sites excluding steroid dienone is 1. The highest BCUT2D eigenvalue weighted by Crippen LogP contribution is 2.09. The fraction of sp³-hybridized carbons (Fsp3) is 0.714. The van der Waals surface area contributed by atoms with Crippen molar-refractivity contribution in [3.05, 3.63) is 12.7 Å². The van der Waals surface area contributed by atoms with E-state index in [4.69, 9.17) is 0 Å². The van der Waals surface area contributed by atoms with Crippen molar-refractivity contribution in [2.45, 2.75) is 31.0 Å². The molecule has 1 heteroatoms. The summed E-state index contributed by atoms with van der Waals surface area (Å²) in [5, 5.41) is 0. The van der Waals surface area contributed by atoms with Crippen LogP contribution in [-0.2, 0) is 0 Å². The van der Waals surface area contributed by atoms with Crippen LogP contribution in [0.1, 0.15) is 26.2 Å². The zero-order chi connectivity index (χ0) is 6.41. The Morgan fingerprint density at radius 3 is 2.75 bits per heavy atom.